The van der Waals surface area contributed by atoms with E-state index in [-0.39, 0.29) is 13.1 Å². The van der Waals surface area contributed by atoms with E-state index in [1.54, 1.807) is 0 Å². The fourth-order valence-corrected chi connectivity index (χ4v) is 1.40. The predicted molar refractivity (Wildman–Crippen MR) is 38.0 cm³/mol. The molecule has 0 atom stereocenters. The molecular formula is C7H11F4NO. The summed E-state index contributed by atoms with van der Waals surface area (Å²) < 4.78 is 48.2. The minimum absolute atomic E-state index is 0.0231. The molecule has 1 heterocycles. The maximum absolute atomic E-state index is 12.4. The fraction of sp³-hybridized carbons (Fsp3) is 1.00. The van der Waals surface area contributed by atoms with Crippen LogP contribution in [0.1, 0.15) is 6.92 Å². The highest BCUT2D eigenvalue weighted by Crippen LogP contribution is 2.28. The summed E-state index contributed by atoms with van der Waals surface area (Å²) in [5, 5.41) is 9.14. The van der Waals surface area contributed by atoms with Gasteiger partial charge in [0.1, 0.15) is 0 Å². The highest BCUT2D eigenvalue weighted by atomic mass is 19.3. The molecule has 1 saturated heterocycles. The number of hydrogen-bond donors (Lipinski definition) is 1. The number of alkyl halides is 4. The molecule has 1 aliphatic rings. The summed E-state index contributed by atoms with van der Waals surface area (Å²) >= 11 is 0. The molecule has 78 valence electrons. The van der Waals surface area contributed by atoms with Gasteiger partial charge in [0.15, 0.2) is 0 Å². The molecule has 0 spiro atoms. The average Bonchev–Trinajstić information content (AvgIpc) is 1.81. The summed E-state index contributed by atoms with van der Waals surface area (Å²) in [7, 11) is 0. The van der Waals surface area contributed by atoms with Gasteiger partial charge in [0.05, 0.1) is 12.1 Å². The van der Waals surface area contributed by atoms with Gasteiger partial charge in [-0.05, 0) is 6.92 Å². The predicted octanol–water partition coefficient (Wildman–Crippen LogP) is 0.953. The van der Waals surface area contributed by atoms with Crippen molar-refractivity contribution in [3.8, 4) is 0 Å². The highest BCUT2D eigenvalue weighted by Gasteiger charge is 2.47. The van der Waals surface area contributed by atoms with E-state index < -0.39 is 24.5 Å². The Labute approximate surface area is 73.1 Å². The van der Waals surface area contributed by atoms with E-state index in [0.717, 1.165) is 4.90 Å². The summed E-state index contributed by atoms with van der Waals surface area (Å²) in [6, 6.07) is 0. The molecule has 0 bridgehead atoms. The van der Waals surface area contributed by atoms with Crippen LogP contribution in [0, 0.1) is 0 Å². The van der Waals surface area contributed by atoms with Crippen LogP contribution in [0.4, 0.5) is 17.6 Å². The van der Waals surface area contributed by atoms with E-state index >= 15 is 0 Å². The Morgan fingerprint density at radius 1 is 1.46 bits per heavy atom. The first-order valence-electron chi connectivity index (χ1n) is 3.84. The Balaban J connectivity index is 2.35. The van der Waals surface area contributed by atoms with Crippen LogP contribution in [0.2, 0.25) is 0 Å². The lowest BCUT2D eigenvalue weighted by molar-refractivity contribution is -0.174. The van der Waals surface area contributed by atoms with Crippen LogP contribution in [-0.4, -0.2) is 47.6 Å². The second-order valence-corrected chi connectivity index (χ2v) is 3.70. The second kappa shape index (κ2) is 3.09. The van der Waals surface area contributed by atoms with E-state index in [9.17, 15) is 17.6 Å². The largest absolute Gasteiger partial charge is 0.388 e. The molecule has 1 rings (SSSR count). The number of nitrogens with zero attached hydrogens (tertiary/aromatic N) is 1. The smallest absolute Gasteiger partial charge is 0.319 e. The van der Waals surface area contributed by atoms with Crippen molar-refractivity contribution >= 4 is 0 Å². The Bertz CT molecular complexity index is 187. The van der Waals surface area contributed by atoms with Crippen molar-refractivity contribution < 1.29 is 22.7 Å². The van der Waals surface area contributed by atoms with Crippen LogP contribution in [0.25, 0.3) is 0 Å². The van der Waals surface area contributed by atoms with Gasteiger partial charge in [-0.15, -0.1) is 0 Å². The van der Waals surface area contributed by atoms with Crippen molar-refractivity contribution in [1.82, 2.24) is 4.90 Å². The molecule has 1 fully saturated rings. The van der Waals surface area contributed by atoms with Crippen molar-refractivity contribution in [3.63, 3.8) is 0 Å². The van der Waals surface area contributed by atoms with Gasteiger partial charge in [-0.3, -0.25) is 4.90 Å². The summed E-state index contributed by atoms with van der Waals surface area (Å²) in [6.07, 6.45) is -3.64. The van der Waals surface area contributed by atoms with E-state index in [4.69, 9.17) is 5.11 Å². The quantitative estimate of drug-likeness (QED) is 0.687. The first-order chi connectivity index (χ1) is 5.73. The van der Waals surface area contributed by atoms with E-state index in [0.29, 0.717) is 0 Å². The number of rotatable bonds is 3. The molecule has 0 aromatic heterocycles. The van der Waals surface area contributed by atoms with Crippen LogP contribution >= 0.6 is 0 Å². The van der Waals surface area contributed by atoms with Crippen molar-refractivity contribution in [2.45, 2.75) is 24.9 Å². The zero-order valence-electron chi connectivity index (χ0n) is 7.10. The SMILES string of the molecule is CC1(O)CN(CC(F)(F)C(F)F)C1. The minimum atomic E-state index is -3.98. The molecule has 0 saturated carbocycles. The molecule has 6 heteroatoms. The van der Waals surface area contributed by atoms with Crippen LogP contribution in [0.5, 0.6) is 0 Å². The third-order valence-corrected chi connectivity index (χ3v) is 1.88. The molecule has 1 N–H and O–H groups in total. The molecule has 0 unspecified atom stereocenters. The van der Waals surface area contributed by atoms with Gasteiger partial charge < -0.3 is 5.11 Å². The third kappa shape index (κ3) is 2.54. The summed E-state index contributed by atoms with van der Waals surface area (Å²) in [5.41, 5.74) is -1.00. The normalized spacial score (nSPS) is 23.3. The standard InChI is InChI=1S/C7H11F4NO/c1-6(13)2-12(3-6)4-7(10,11)5(8)9/h5,13H,2-4H2,1H3. The van der Waals surface area contributed by atoms with Gasteiger partial charge >= 0.3 is 12.3 Å². The lowest BCUT2D eigenvalue weighted by Crippen LogP contribution is -2.62. The van der Waals surface area contributed by atoms with Crippen molar-refractivity contribution in [1.29, 1.82) is 0 Å². The lowest BCUT2D eigenvalue weighted by Gasteiger charge is -2.45. The maximum Gasteiger partial charge on any atom is 0.319 e. The van der Waals surface area contributed by atoms with Crippen molar-refractivity contribution in [2.75, 3.05) is 19.6 Å². The van der Waals surface area contributed by atoms with Crippen LogP contribution < -0.4 is 0 Å². The molecule has 2 nitrogen and oxygen atoms in total. The van der Waals surface area contributed by atoms with Gasteiger partial charge in [-0.1, -0.05) is 0 Å². The van der Waals surface area contributed by atoms with E-state index in [2.05, 4.69) is 0 Å². The maximum atomic E-state index is 12.4. The Morgan fingerprint density at radius 3 is 2.23 bits per heavy atom. The number of aliphatic hydroxyl groups is 1. The summed E-state index contributed by atoms with van der Waals surface area (Å²) in [4.78, 5) is 1.10. The Kier molecular flexibility index (Phi) is 2.55. The zero-order valence-corrected chi connectivity index (χ0v) is 7.10. The van der Waals surface area contributed by atoms with Gasteiger partial charge in [0, 0.05) is 13.1 Å². The molecule has 13 heavy (non-hydrogen) atoms. The minimum Gasteiger partial charge on any atom is -0.388 e. The topological polar surface area (TPSA) is 23.5 Å². The first kappa shape index (κ1) is 10.7. The Hall–Kier alpha value is -0.360. The van der Waals surface area contributed by atoms with Gasteiger partial charge in [-0.25, -0.2) is 8.78 Å². The van der Waals surface area contributed by atoms with E-state index in [1.165, 1.54) is 6.92 Å². The number of hydrogen-bond acceptors (Lipinski definition) is 2. The second-order valence-electron chi connectivity index (χ2n) is 3.70. The van der Waals surface area contributed by atoms with Gasteiger partial charge in [0.25, 0.3) is 0 Å². The van der Waals surface area contributed by atoms with Crippen LogP contribution in [0.15, 0.2) is 0 Å². The third-order valence-electron chi connectivity index (χ3n) is 1.88. The first-order valence-corrected chi connectivity index (χ1v) is 3.84. The van der Waals surface area contributed by atoms with E-state index in [1.807, 2.05) is 0 Å². The van der Waals surface area contributed by atoms with Gasteiger partial charge in [-0.2, -0.15) is 8.78 Å². The number of halogens is 4. The fourth-order valence-electron chi connectivity index (χ4n) is 1.40. The van der Waals surface area contributed by atoms with Crippen LogP contribution in [-0.2, 0) is 0 Å². The molecule has 0 radical (unpaired) electrons. The molecule has 0 aromatic rings. The van der Waals surface area contributed by atoms with Gasteiger partial charge in [0.2, 0.25) is 0 Å². The Morgan fingerprint density at radius 2 is 1.92 bits per heavy atom. The van der Waals surface area contributed by atoms with Crippen molar-refractivity contribution in [2.24, 2.45) is 0 Å². The monoisotopic (exact) mass is 201 g/mol. The molecule has 1 aliphatic heterocycles. The molecular weight excluding hydrogens is 190 g/mol. The number of β-amino-alcohol motifs (C(OH)–C–C–N with tert-alkyl or cyclic N) is 1. The number of likely N-dealkylation sites (tertiary alicyclic amines) is 1. The molecule has 0 aliphatic carbocycles. The lowest BCUT2D eigenvalue weighted by atomic mass is 9.96. The summed E-state index contributed by atoms with van der Waals surface area (Å²) in [6.45, 7) is 0.537. The highest BCUT2D eigenvalue weighted by molar-refractivity contribution is 4.93. The zero-order chi connectivity index (χ0) is 10.3. The molecule has 0 aromatic carbocycles. The van der Waals surface area contributed by atoms with Crippen molar-refractivity contribution in [3.05, 3.63) is 0 Å². The average molecular weight is 201 g/mol. The molecule has 0 amide bonds. The van der Waals surface area contributed by atoms with Crippen LogP contribution in [0.3, 0.4) is 0 Å². The summed E-state index contributed by atoms with van der Waals surface area (Å²) in [5.74, 6) is -3.98.